The van der Waals surface area contributed by atoms with E-state index in [0.717, 1.165) is 5.56 Å². The molecule has 22 heavy (non-hydrogen) atoms. The Balaban J connectivity index is 2.13. The molecule has 2 N–H and O–H groups in total. The Hall–Kier alpha value is -1.27. The lowest BCUT2D eigenvalue weighted by molar-refractivity contribution is -0.254. The van der Waals surface area contributed by atoms with Crippen LogP contribution in [0.2, 0.25) is 0 Å². The number of aryl methyl sites for hydroxylation is 1. The van der Waals surface area contributed by atoms with Crippen molar-refractivity contribution in [3.05, 3.63) is 29.3 Å². The van der Waals surface area contributed by atoms with E-state index in [2.05, 4.69) is 0 Å². The van der Waals surface area contributed by atoms with E-state index < -0.39 is 36.1 Å². The molecule has 0 amide bonds. The monoisotopic (exact) mass is 316 g/mol. The van der Waals surface area contributed by atoms with Crippen LogP contribution in [0.3, 0.4) is 0 Å². The molecule has 122 valence electrons. The zero-order valence-corrected chi connectivity index (χ0v) is 12.2. The number of hydrogen-bond acceptors (Lipinski definition) is 3. The summed E-state index contributed by atoms with van der Waals surface area (Å²) < 4.78 is 46.8. The minimum Gasteiger partial charge on any atom is -0.497 e. The van der Waals surface area contributed by atoms with Crippen molar-refractivity contribution in [2.45, 2.75) is 37.5 Å². The van der Waals surface area contributed by atoms with E-state index in [0.29, 0.717) is 11.3 Å². The zero-order chi connectivity index (χ0) is 16.1. The molecule has 6 heteroatoms. The largest absolute Gasteiger partial charge is 0.497 e. The summed E-state index contributed by atoms with van der Waals surface area (Å²) in [6.45, 7) is -0.650. The van der Waals surface area contributed by atoms with Gasteiger partial charge >= 0.3 is 6.18 Å². The molecule has 1 saturated carbocycles. The number of benzene rings is 1. The van der Waals surface area contributed by atoms with Crippen molar-refractivity contribution in [1.82, 2.24) is 0 Å². The maximum atomic E-state index is 13.9. The molecule has 2 aliphatic carbocycles. The molecule has 0 bridgehead atoms. The van der Waals surface area contributed by atoms with Gasteiger partial charge in [-0.2, -0.15) is 13.2 Å². The summed E-state index contributed by atoms with van der Waals surface area (Å²) in [5, 5.41) is 19.5. The minimum absolute atomic E-state index is 0.0318. The van der Waals surface area contributed by atoms with Gasteiger partial charge in [0.05, 0.1) is 18.6 Å². The van der Waals surface area contributed by atoms with Gasteiger partial charge in [0.15, 0.2) is 0 Å². The third kappa shape index (κ3) is 1.97. The standard InChI is InChI=1S/C16H19F3O3/c1-22-10-2-3-11-9(6-10)4-5-15(16(17,18)19)12(11)7-14(21)13(15)8-20/h2-3,6,12-14,20-21H,4-5,7-8H2,1H3/t12-,13-,14-,15+/m0/s1. The van der Waals surface area contributed by atoms with Crippen LogP contribution in [-0.2, 0) is 6.42 Å². The first-order valence-corrected chi connectivity index (χ1v) is 7.37. The highest BCUT2D eigenvalue weighted by molar-refractivity contribution is 5.43. The van der Waals surface area contributed by atoms with Gasteiger partial charge in [-0.1, -0.05) is 6.07 Å². The highest BCUT2D eigenvalue weighted by atomic mass is 19.4. The van der Waals surface area contributed by atoms with Gasteiger partial charge in [-0.3, -0.25) is 0 Å². The van der Waals surface area contributed by atoms with E-state index in [1.807, 2.05) is 0 Å². The van der Waals surface area contributed by atoms with Crippen LogP contribution in [0, 0.1) is 11.3 Å². The molecule has 2 aliphatic rings. The Bertz CT molecular complexity index is 572. The highest BCUT2D eigenvalue weighted by Crippen LogP contribution is 2.65. The average molecular weight is 316 g/mol. The van der Waals surface area contributed by atoms with Gasteiger partial charge < -0.3 is 14.9 Å². The molecule has 1 aromatic rings. The highest BCUT2D eigenvalue weighted by Gasteiger charge is 2.69. The van der Waals surface area contributed by atoms with Gasteiger partial charge in [-0.15, -0.1) is 0 Å². The molecule has 4 atom stereocenters. The van der Waals surface area contributed by atoms with Gasteiger partial charge in [0.1, 0.15) is 5.75 Å². The molecule has 3 nitrogen and oxygen atoms in total. The van der Waals surface area contributed by atoms with Crippen molar-refractivity contribution in [1.29, 1.82) is 0 Å². The second-order valence-electron chi connectivity index (χ2n) is 6.25. The van der Waals surface area contributed by atoms with Crippen LogP contribution < -0.4 is 4.74 Å². The SMILES string of the molecule is COc1ccc2c(c1)CC[C@@]1(C(F)(F)F)[C@H]2C[C@H](O)[C@@H]1CO. The number of ether oxygens (including phenoxy) is 1. The van der Waals surface area contributed by atoms with E-state index in [-0.39, 0.29) is 19.3 Å². The summed E-state index contributed by atoms with van der Waals surface area (Å²) in [5.41, 5.74) is -0.572. The fourth-order valence-corrected chi connectivity index (χ4v) is 4.42. The number of halogens is 3. The Kier molecular flexibility index (Phi) is 3.64. The quantitative estimate of drug-likeness (QED) is 0.882. The maximum absolute atomic E-state index is 13.9. The number of rotatable bonds is 2. The number of hydrogen-bond donors (Lipinski definition) is 2. The summed E-state index contributed by atoms with van der Waals surface area (Å²) >= 11 is 0. The van der Waals surface area contributed by atoms with E-state index in [1.54, 1.807) is 18.2 Å². The van der Waals surface area contributed by atoms with E-state index in [1.165, 1.54) is 7.11 Å². The van der Waals surface area contributed by atoms with Crippen molar-refractivity contribution in [2.24, 2.45) is 11.3 Å². The molecule has 0 saturated heterocycles. The Morgan fingerprint density at radius 2 is 2.09 bits per heavy atom. The molecule has 0 radical (unpaired) electrons. The van der Waals surface area contributed by atoms with E-state index >= 15 is 0 Å². The van der Waals surface area contributed by atoms with Crippen molar-refractivity contribution < 1.29 is 28.1 Å². The fourth-order valence-electron chi connectivity index (χ4n) is 4.42. The molecule has 1 aromatic carbocycles. The van der Waals surface area contributed by atoms with Gasteiger partial charge in [-0.05, 0) is 42.5 Å². The van der Waals surface area contributed by atoms with E-state index in [9.17, 15) is 23.4 Å². The van der Waals surface area contributed by atoms with Gasteiger partial charge in [0.2, 0.25) is 0 Å². The first-order chi connectivity index (χ1) is 10.3. The molecule has 0 spiro atoms. The average Bonchev–Trinajstić information content (AvgIpc) is 2.78. The third-order valence-electron chi connectivity index (χ3n) is 5.48. The summed E-state index contributed by atoms with van der Waals surface area (Å²) in [4.78, 5) is 0. The predicted octanol–water partition coefficient (Wildman–Crippen LogP) is 2.65. The van der Waals surface area contributed by atoms with E-state index in [4.69, 9.17) is 4.74 Å². The Labute approximate surface area is 126 Å². The van der Waals surface area contributed by atoms with Gasteiger partial charge in [-0.25, -0.2) is 0 Å². The third-order valence-corrected chi connectivity index (χ3v) is 5.48. The summed E-state index contributed by atoms with van der Waals surface area (Å²) in [5.74, 6) is -1.35. The van der Waals surface area contributed by atoms with Crippen LogP contribution >= 0.6 is 0 Å². The first-order valence-electron chi connectivity index (χ1n) is 7.37. The molecule has 0 aromatic heterocycles. The van der Waals surface area contributed by atoms with Crippen LogP contribution in [0.1, 0.15) is 29.9 Å². The Morgan fingerprint density at radius 1 is 1.36 bits per heavy atom. The normalized spacial score (nSPS) is 34.2. The summed E-state index contributed by atoms with van der Waals surface area (Å²) in [6.07, 6.45) is -5.40. The molecule has 0 unspecified atom stereocenters. The lowest BCUT2D eigenvalue weighted by Crippen LogP contribution is -2.49. The van der Waals surface area contributed by atoms with Crippen LogP contribution in [0.15, 0.2) is 18.2 Å². The molecule has 1 fully saturated rings. The molecular formula is C16H19F3O3. The second-order valence-corrected chi connectivity index (χ2v) is 6.25. The predicted molar refractivity (Wildman–Crippen MR) is 73.7 cm³/mol. The minimum atomic E-state index is -4.46. The topological polar surface area (TPSA) is 49.7 Å². The van der Waals surface area contributed by atoms with Crippen molar-refractivity contribution in [3.63, 3.8) is 0 Å². The second kappa shape index (κ2) is 5.13. The molecule has 0 aliphatic heterocycles. The molecule has 3 rings (SSSR count). The number of methoxy groups -OCH3 is 1. The van der Waals surface area contributed by atoms with Gasteiger partial charge in [0, 0.05) is 18.4 Å². The van der Waals surface area contributed by atoms with Crippen LogP contribution in [0.5, 0.6) is 5.75 Å². The van der Waals surface area contributed by atoms with Crippen molar-refractivity contribution in [3.8, 4) is 5.75 Å². The number of aliphatic hydroxyl groups excluding tert-OH is 2. The Morgan fingerprint density at radius 3 is 2.68 bits per heavy atom. The zero-order valence-electron chi connectivity index (χ0n) is 12.2. The van der Waals surface area contributed by atoms with Crippen molar-refractivity contribution in [2.75, 3.05) is 13.7 Å². The molecule has 0 heterocycles. The first kappa shape index (κ1) is 15.6. The number of fused-ring (bicyclic) bond motifs is 3. The number of alkyl halides is 3. The summed E-state index contributed by atoms with van der Waals surface area (Å²) in [7, 11) is 1.52. The van der Waals surface area contributed by atoms with Crippen LogP contribution in [-0.4, -0.2) is 36.2 Å². The molecular weight excluding hydrogens is 297 g/mol. The maximum Gasteiger partial charge on any atom is 0.395 e. The number of aliphatic hydroxyl groups is 2. The lowest BCUT2D eigenvalue weighted by atomic mass is 9.61. The van der Waals surface area contributed by atoms with Crippen LogP contribution in [0.4, 0.5) is 13.2 Å². The van der Waals surface area contributed by atoms with Crippen LogP contribution in [0.25, 0.3) is 0 Å². The summed E-state index contributed by atoms with van der Waals surface area (Å²) in [6, 6.07) is 5.10. The van der Waals surface area contributed by atoms with Crippen molar-refractivity contribution >= 4 is 0 Å². The lowest BCUT2D eigenvalue weighted by Gasteiger charge is -2.45. The fraction of sp³-hybridized carbons (Fsp3) is 0.625. The van der Waals surface area contributed by atoms with Gasteiger partial charge in [0.25, 0.3) is 0 Å². The smallest absolute Gasteiger partial charge is 0.395 e.